The number of likely N-dealkylation sites (N-methyl/N-ethyl adjacent to an activating group) is 1. The lowest BCUT2D eigenvalue weighted by atomic mass is 9.79. The van der Waals surface area contributed by atoms with Crippen molar-refractivity contribution < 1.29 is 4.74 Å². The van der Waals surface area contributed by atoms with E-state index in [0.29, 0.717) is 5.92 Å². The summed E-state index contributed by atoms with van der Waals surface area (Å²) in [4.78, 5) is 10.9. The van der Waals surface area contributed by atoms with Crippen molar-refractivity contribution in [2.24, 2.45) is 5.92 Å². The minimum absolute atomic E-state index is 0.143. The van der Waals surface area contributed by atoms with Crippen molar-refractivity contribution in [2.45, 2.75) is 25.4 Å². The van der Waals surface area contributed by atoms with E-state index in [1.807, 2.05) is 19.3 Å². The molecule has 5 nitrogen and oxygen atoms in total. The molecule has 1 spiro atoms. The van der Waals surface area contributed by atoms with E-state index in [0.717, 1.165) is 44.2 Å². The Morgan fingerprint density at radius 2 is 2.16 bits per heavy atom. The fraction of sp³-hybridized carbons (Fsp3) is 0.714. The summed E-state index contributed by atoms with van der Waals surface area (Å²) in [5, 5.41) is 3.30. The number of nitrogens with zero attached hydrogens (tertiary/aromatic N) is 3. The number of likely N-dealkylation sites (tertiary alicyclic amines) is 1. The Bertz CT molecular complexity index is 428. The molecular weight excluding hydrogens is 240 g/mol. The summed E-state index contributed by atoms with van der Waals surface area (Å²) in [6, 6.07) is 0. The van der Waals surface area contributed by atoms with Gasteiger partial charge in [-0.1, -0.05) is 0 Å². The molecule has 0 aliphatic carbocycles. The van der Waals surface area contributed by atoms with Crippen molar-refractivity contribution in [1.29, 1.82) is 0 Å². The maximum absolute atomic E-state index is 5.98. The topological polar surface area (TPSA) is 50.3 Å². The molecule has 2 aliphatic rings. The van der Waals surface area contributed by atoms with Crippen molar-refractivity contribution in [3.8, 4) is 0 Å². The molecule has 3 heterocycles. The van der Waals surface area contributed by atoms with Gasteiger partial charge < -0.3 is 15.0 Å². The molecule has 0 bridgehead atoms. The molecule has 104 valence electrons. The van der Waals surface area contributed by atoms with Crippen LogP contribution in [0.15, 0.2) is 12.4 Å². The molecule has 0 saturated carbocycles. The normalized spacial score (nSPS) is 25.5. The lowest BCUT2D eigenvalue weighted by molar-refractivity contribution is -0.123. The van der Waals surface area contributed by atoms with Gasteiger partial charge in [0.25, 0.3) is 0 Å². The third kappa shape index (κ3) is 2.58. The van der Waals surface area contributed by atoms with Crippen LogP contribution >= 0.6 is 0 Å². The monoisotopic (exact) mass is 262 g/mol. The largest absolute Gasteiger partial charge is 0.372 e. The van der Waals surface area contributed by atoms with Gasteiger partial charge in [-0.25, -0.2) is 9.97 Å². The molecule has 0 amide bonds. The number of hydrogen-bond acceptors (Lipinski definition) is 5. The summed E-state index contributed by atoms with van der Waals surface area (Å²) in [6.07, 6.45) is 6.00. The van der Waals surface area contributed by atoms with Gasteiger partial charge in [0, 0.05) is 38.6 Å². The van der Waals surface area contributed by atoms with Crippen molar-refractivity contribution in [3.63, 3.8) is 0 Å². The molecule has 1 atom stereocenters. The van der Waals surface area contributed by atoms with E-state index in [4.69, 9.17) is 4.74 Å². The summed E-state index contributed by atoms with van der Waals surface area (Å²) in [7, 11) is 2.16. The molecule has 2 saturated heterocycles. The Balaban J connectivity index is 1.48. The third-order valence-corrected chi connectivity index (χ3v) is 4.23. The van der Waals surface area contributed by atoms with Crippen LogP contribution in [0.1, 0.15) is 18.4 Å². The first-order chi connectivity index (χ1) is 9.18. The van der Waals surface area contributed by atoms with Gasteiger partial charge in [0.1, 0.15) is 0 Å². The molecule has 1 aromatic rings. The highest BCUT2D eigenvalue weighted by Gasteiger charge is 2.51. The van der Waals surface area contributed by atoms with Crippen LogP contribution in [0.4, 0.5) is 5.95 Å². The highest BCUT2D eigenvalue weighted by molar-refractivity contribution is 5.24. The van der Waals surface area contributed by atoms with Gasteiger partial charge in [-0.05, 0) is 38.3 Å². The molecular formula is C14H22N4O. The quantitative estimate of drug-likeness (QED) is 0.886. The van der Waals surface area contributed by atoms with Gasteiger partial charge in [0.05, 0.1) is 5.60 Å². The van der Waals surface area contributed by atoms with Gasteiger partial charge in [-0.2, -0.15) is 0 Å². The fourth-order valence-corrected chi connectivity index (χ4v) is 3.25. The zero-order valence-electron chi connectivity index (χ0n) is 11.7. The Labute approximate surface area is 114 Å². The Morgan fingerprint density at radius 1 is 1.42 bits per heavy atom. The zero-order chi connectivity index (χ0) is 13.3. The number of nitrogens with one attached hydrogen (secondary N) is 1. The van der Waals surface area contributed by atoms with Crippen molar-refractivity contribution in [2.75, 3.05) is 38.6 Å². The number of anilines is 1. The third-order valence-electron chi connectivity index (χ3n) is 4.23. The van der Waals surface area contributed by atoms with Crippen LogP contribution in [-0.4, -0.2) is 53.8 Å². The highest BCUT2D eigenvalue weighted by Crippen LogP contribution is 2.40. The maximum Gasteiger partial charge on any atom is 0.222 e. The first-order valence-electron chi connectivity index (χ1n) is 7.03. The summed E-state index contributed by atoms with van der Waals surface area (Å²) < 4.78 is 5.98. The lowest BCUT2D eigenvalue weighted by Crippen LogP contribution is -2.63. The Morgan fingerprint density at radius 3 is 2.84 bits per heavy atom. The van der Waals surface area contributed by atoms with Crippen LogP contribution in [0.25, 0.3) is 0 Å². The van der Waals surface area contributed by atoms with Gasteiger partial charge in [0.2, 0.25) is 5.95 Å². The second-order valence-electron chi connectivity index (χ2n) is 5.87. The van der Waals surface area contributed by atoms with E-state index in [9.17, 15) is 0 Å². The summed E-state index contributed by atoms with van der Waals surface area (Å²) in [6.45, 7) is 6.00. The van der Waals surface area contributed by atoms with E-state index in [1.165, 1.54) is 6.42 Å². The van der Waals surface area contributed by atoms with E-state index in [2.05, 4.69) is 27.2 Å². The van der Waals surface area contributed by atoms with Crippen LogP contribution in [0.3, 0.4) is 0 Å². The minimum Gasteiger partial charge on any atom is -0.372 e. The number of aryl methyl sites for hydroxylation is 1. The minimum atomic E-state index is 0.143. The maximum atomic E-state index is 5.98. The first-order valence-corrected chi connectivity index (χ1v) is 7.03. The molecule has 3 rings (SSSR count). The van der Waals surface area contributed by atoms with Crippen LogP contribution in [-0.2, 0) is 4.74 Å². The zero-order valence-corrected chi connectivity index (χ0v) is 11.7. The second kappa shape index (κ2) is 5.06. The summed E-state index contributed by atoms with van der Waals surface area (Å²) in [5.41, 5.74) is 1.23. The van der Waals surface area contributed by atoms with Crippen molar-refractivity contribution in [3.05, 3.63) is 18.0 Å². The van der Waals surface area contributed by atoms with Crippen molar-refractivity contribution >= 4 is 5.95 Å². The molecule has 0 aromatic carbocycles. The SMILES string of the molecule is Cc1cnc(NCC[C@H]2CCOC23CN(C)C3)nc1. The molecule has 2 aliphatic heterocycles. The average molecular weight is 262 g/mol. The molecule has 1 N–H and O–H groups in total. The predicted octanol–water partition coefficient (Wildman–Crippen LogP) is 1.31. The number of aromatic nitrogens is 2. The molecule has 5 heteroatoms. The van der Waals surface area contributed by atoms with E-state index >= 15 is 0 Å². The van der Waals surface area contributed by atoms with Gasteiger partial charge in [-0.3, -0.25) is 0 Å². The van der Waals surface area contributed by atoms with Gasteiger partial charge in [-0.15, -0.1) is 0 Å². The number of ether oxygens (including phenoxy) is 1. The van der Waals surface area contributed by atoms with E-state index < -0.39 is 0 Å². The molecule has 0 unspecified atom stereocenters. The summed E-state index contributed by atoms with van der Waals surface area (Å²) in [5.74, 6) is 1.39. The second-order valence-corrected chi connectivity index (χ2v) is 5.87. The smallest absolute Gasteiger partial charge is 0.222 e. The predicted molar refractivity (Wildman–Crippen MR) is 74.2 cm³/mol. The van der Waals surface area contributed by atoms with Crippen LogP contribution in [0, 0.1) is 12.8 Å². The number of hydrogen-bond donors (Lipinski definition) is 1. The van der Waals surface area contributed by atoms with E-state index in [-0.39, 0.29) is 5.60 Å². The molecule has 0 radical (unpaired) electrons. The first kappa shape index (κ1) is 12.8. The average Bonchev–Trinajstić information content (AvgIpc) is 2.75. The highest BCUT2D eigenvalue weighted by atomic mass is 16.5. The van der Waals surface area contributed by atoms with Gasteiger partial charge in [0.15, 0.2) is 0 Å². The van der Waals surface area contributed by atoms with Crippen LogP contribution in [0.5, 0.6) is 0 Å². The van der Waals surface area contributed by atoms with Crippen LogP contribution < -0.4 is 5.32 Å². The van der Waals surface area contributed by atoms with E-state index in [1.54, 1.807) is 0 Å². The standard InChI is InChI=1S/C14H22N4O/c1-11-7-16-13(17-8-11)15-5-3-12-4-6-19-14(12)9-18(2)10-14/h7-8,12H,3-6,9-10H2,1-2H3,(H,15,16,17)/t12-/m0/s1. The molecule has 2 fully saturated rings. The Kier molecular flexibility index (Phi) is 3.41. The van der Waals surface area contributed by atoms with Gasteiger partial charge >= 0.3 is 0 Å². The molecule has 1 aromatic heterocycles. The number of rotatable bonds is 4. The summed E-state index contributed by atoms with van der Waals surface area (Å²) >= 11 is 0. The van der Waals surface area contributed by atoms with Crippen molar-refractivity contribution in [1.82, 2.24) is 14.9 Å². The fourth-order valence-electron chi connectivity index (χ4n) is 3.25. The lowest BCUT2D eigenvalue weighted by Gasteiger charge is -2.48. The Hall–Kier alpha value is -1.20. The van der Waals surface area contributed by atoms with Crippen LogP contribution in [0.2, 0.25) is 0 Å². The molecule has 19 heavy (non-hydrogen) atoms.